The van der Waals surface area contributed by atoms with E-state index in [4.69, 9.17) is 5.11 Å². The quantitative estimate of drug-likeness (QED) is 0.222. The Morgan fingerprint density at radius 1 is 0.703 bits per heavy atom. The van der Waals surface area contributed by atoms with Gasteiger partial charge in [0.1, 0.15) is 5.69 Å². The second-order valence-corrected chi connectivity index (χ2v) is 6.55. The summed E-state index contributed by atoms with van der Waals surface area (Å²) in [6, 6.07) is 28.5. The third-order valence-electron chi connectivity index (χ3n) is 3.88. The van der Waals surface area contributed by atoms with E-state index >= 15 is 0 Å². The first-order chi connectivity index (χ1) is 17.5. The van der Waals surface area contributed by atoms with Crippen molar-refractivity contribution in [1.82, 2.24) is 15.0 Å². The van der Waals surface area contributed by atoms with E-state index in [2.05, 4.69) is 27.1 Å². The minimum atomic E-state index is -0.990. The van der Waals surface area contributed by atoms with E-state index in [9.17, 15) is 18.0 Å². The second-order valence-electron chi connectivity index (χ2n) is 6.55. The van der Waals surface area contributed by atoms with Gasteiger partial charge in [0.25, 0.3) is 0 Å². The van der Waals surface area contributed by atoms with Crippen LogP contribution >= 0.6 is 0 Å². The molecule has 5 nitrogen and oxygen atoms in total. The van der Waals surface area contributed by atoms with E-state index in [-0.39, 0.29) is 31.6 Å². The van der Waals surface area contributed by atoms with Crippen molar-refractivity contribution < 1.29 is 43.2 Å². The summed E-state index contributed by atoms with van der Waals surface area (Å²) in [5.41, 5.74) is 1.70. The van der Waals surface area contributed by atoms with Gasteiger partial charge in [0.15, 0.2) is 0 Å². The molecular formula is C28H20F3IrN3O2-2. The van der Waals surface area contributed by atoms with Crippen LogP contribution in [0.3, 0.4) is 0 Å². The zero-order valence-electron chi connectivity index (χ0n) is 19.1. The summed E-state index contributed by atoms with van der Waals surface area (Å²) >= 11 is 0. The van der Waals surface area contributed by atoms with Crippen LogP contribution in [0.25, 0.3) is 11.3 Å². The van der Waals surface area contributed by atoms with Gasteiger partial charge in [-0.05, 0) is 36.0 Å². The van der Waals surface area contributed by atoms with Gasteiger partial charge in [0.05, 0.1) is 0 Å². The normalized spacial score (nSPS) is 8.95. The first-order valence-corrected chi connectivity index (χ1v) is 10.4. The molecule has 5 rings (SSSR count). The fraction of sp³-hybridized carbons (Fsp3) is 0. The Morgan fingerprint density at radius 2 is 1.32 bits per heavy atom. The van der Waals surface area contributed by atoms with Crippen molar-refractivity contribution >= 4 is 5.97 Å². The van der Waals surface area contributed by atoms with Crippen LogP contribution in [0, 0.1) is 29.6 Å². The number of carboxylic acids is 1. The van der Waals surface area contributed by atoms with Crippen molar-refractivity contribution in [3.63, 3.8) is 0 Å². The number of hydrogen-bond acceptors (Lipinski definition) is 4. The molecule has 0 aliphatic heterocycles. The van der Waals surface area contributed by atoms with Crippen molar-refractivity contribution in [2.45, 2.75) is 0 Å². The monoisotopic (exact) mass is 680 g/mol. The molecule has 0 saturated heterocycles. The summed E-state index contributed by atoms with van der Waals surface area (Å²) in [4.78, 5) is 21.6. The molecule has 0 saturated carbocycles. The molecule has 9 heteroatoms. The minimum Gasteiger partial charge on any atom is -0.477 e. The molecule has 191 valence electrons. The van der Waals surface area contributed by atoms with E-state index in [1.165, 1.54) is 24.4 Å². The SMILES string of the molecule is Fc1c[c-]c(-c2ccccn2)cc1.Fc1c[c-]cc(F)c1.O=C(O)c1ccccn1.[Ir].c1ccncc1. The smallest absolute Gasteiger partial charge is 0.354 e. The summed E-state index contributed by atoms with van der Waals surface area (Å²) in [7, 11) is 0. The molecule has 0 bridgehead atoms. The van der Waals surface area contributed by atoms with E-state index in [0.717, 1.165) is 29.5 Å². The summed E-state index contributed by atoms with van der Waals surface area (Å²) in [6.07, 6.45) is 6.65. The number of carboxylic acid groups (broad SMARTS) is 1. The van der Waals surface area contributed by atoms with E-state index in [0.29, 0.717) is 0 Å². The van der Waals surface area contributed by atoms with Crippen LogP contribution in [-0.4, -0.2) is 26.0 Å². The molecular weight excluding hydrogens is 660 g/mol. The molecule has 0 spiro atoms. The van der Waals surface area contributed by atoms with E-state index in [1.54, 1.807) is 36.8 Å². The fourth-order valence-corrected chi connectivity index (χ4v) is 2.31. The number of hydrogen-bond donors (Lipinski definition) is 1. The molecule has 37 heavy (non-hydrogen) atoms. The predicted molar refractivity (Wildman–Crippen MR) is 129 cm³/mol. The van der Waals surface area contributed by atoms with Crippen molar-refractivity contribution in [2.75, 3.05) is 0 Å². The summed E-state index contributed by atoms with van der Waals surface area (Å²) in [5, 5.41) is 8.32. The first kappa shape index (κ1) is 30.8. The average molecular weight is 680 g/mol. The summed E-state index contributed by atoms with van der Waals surface area (Å²) in [5.74, 6) is -2.45. The zero-order chi connectivity index (χ0) is 26.0. The molecule has 0 aliphatic rings. The predicted octanol–water partition coefficient (Wildman–Crippen LogP) is 6.31. The van der Waals surface area contributed by atoms with Crippen LogP contribution in [0.5, 0.6) is 0 Å². The molecule has 1 radical (unpaired) electrons. The molecule has 0 atom stereocenters. The van der Waals surface area contributed by atoms with Crippen LogP contribution < -0.4 is 0 Å². The van der Waals surface area contributed by atoms with Gasteiger partial charge < -0.3 is 10.1 Å². The average Bonchev–Trinajstić information content (AvgIpc) is 2.92. The molecule has 0 aliphatic carbocycles. The third kappa shape index (κ3) is 13.5. The maximum absolute atomic E-state index is 12.6. The first-order valence-electron chi connectivity index (χ1n) is 10.4. The molecule has 3 heterocycles. The molecule has 3 aromatic heterocycles. The maximum atomic E-state index is 12.6. The van der Waals surface area contributed by atoms with Crippen LogP contribution in [0.15, 0.2) is 116 Å². The largest absolute Gasteiger partial charge is 0.477 e. The summed E-state index contributed by atoms with van der Waals surface area (Å²) < 4.78 is 36.3. The Balaban J connectivity index is 0.000000254. The number of carbonyl (C=O) groups is 1. The van der Waals surface area contributed by atoms with Crippen molar-refractivity contribution in [3.05, 3.63) is 151 Å². The minimum absolute atomic E-state index is 0. The van der Waals surface area contributed by atoms with Gasteiger partial charge in [-0.3, -0.25) is 18.2 Å². The molecule has 2 aromatic carbocycles. The standard InChI is InChI=1S/C11H7FN.C6H3F2.C6H5NO2.C5H5N.Ir/c12-10-6-4-9(5-7-10)11-3-1-2-8-13-11;7-5-2-1-3-6(8)4-5;8-6(9)5-3-1-2-4-7-5;1-2-4-6-5-3-1;/h1-4,6-8H;2-4H;1-4H,(H,8,9);1-5H;/q2*-1;;;. The molecule has 0 fully saturated rings. The van der Waals surface area contributed by atoms with Crippen LogP contribution in [0.2, 0.25) is 0 Å². The van der Waals surface area contributed by atoms with Gasteiger partial charge in [0, 0.05) is 62.3 Å². The number of pyridine rings is 3. The Labute approximate surface area is 226 Å². The Hall–Kier alpha value is -4.20. The van der Waals surface area contributed by atoms with Gasteiger partial charge in [-0.25, -0.2) is 9.78 Å². The van der Waals surface area contributed by atoms with Gasteiger partial charge in [-0.15, -0.1) is 48.0 Å². The number of rotatable bonds is 2. The van der Waals surface area contributed by atoms with Crippen LogP contribution in [-0.2, 0) is 20.1 Å². The van der Waals surface area contributed by atoms with Gasteiger partial charge in [-0.2, -0.15) is 6.07 Å². The number of aromatic nitrogens is 3. The van der Waals surface area contributed by atoms with Gasteiger partial charge in [-0.1, -0.05) is 24.3 Å². The molecule has 5 aromatic rings. The summed E-state index contributed by atoms with van der Waals surface area (Å²) in [6.45, 7) is 0. The Kier molecular flexibility index (Phi) is 15.1. The van der Waals surface area contributed by atoms with Gasteiger partial charge >= 0.3 is 5.97 Å². The second kappa shape index (κ2) is 18.1. The maximum Gasteiger partial charge on any atom is 0.354 e. The molecule has 0 amide bonds. The molecule has 0 unspecified atom stereocenters. The zero-order valence-corrected chi connectivity index (χ0v) is 21.5. The van der Waals surface area contributed by atoms with Crippen molar-refractivity contribution in [3.8, 4) is 11.3 Å². The van der Waals surface area contributed by atoms with Crippen LogP contribution in [0.1, 0.15) is 10.5 Å². The van der Waals surface area contributed by atoms with Crippen molar-refractivity contribution in [1.29, 1.82) is 0 Å². The topological polar surface area (TPSA) is 76.0 Å². The van der Waals surface area contributed by atoms with Crippen molar-refractivity contribution in [2.24, 2.45) is 0 Å². The molecule has 1 N–H and O–H groups in total. The van der Waals surface area contributed by atoms with E-state index < -0.39 is 17.6 Å². The fourth-order valence-electron chi connectivity index (χ4n) is 2.31. The Morgan fingerprint density at radius 3 is 1.68 bits per heavy atom. The number of benzene rings is 2. The Bertz CT molecular complexity index is 1240. The van der Waals surface area contributed by atoms with E-state index in [1.807, 2.05) is 36.4 Å². The number of nitrogens with zero attached hydrogens (tertiary/aromatic N) is 3. The number of aromatic carboxylic acids is 1. The van der Waals surface area contributed by atoms with Crippen LogP contribution in [0.4, 0.5) is 13.2 Å². The third-order valence-corrected chi connectivity index (χ3v) is 3.88. The van der Waals surface area contributed by atoms with Gasteiger partial charge in [0.2, 0.25) is 0 Å². The number of halogens is 3.